The van der Waals surface area contributed by atoms with Gasteiger partial charge >= 0.3 is 0 Å². The first-order valence-electron chi connectivity index (χ1n) is 5.73. The zero-order valence-corrected chi connectivity index (χ0v) is 11.7. The minimum absolute atomic E-state index is 0.357. The highest BCUT2D eigenvalue weighted by atomic mass is 32.2. The number of nitrogens with zero attached hydrogens (tertiary/aromatic N) is 2. The molecule has 1 aromatic heterocycles. The number of benzene rings is 1. The quantitative estimate of drug-likeness (QED) is 0.926. The fraction of sp³-hybridized carbons (Fsp3) is 0.417. The van der Waals surface area contributed by atoms with Crippen LogP contribution in [-0.4, -0.2) is 24.5 Å². The monoisotopic (exact) mass is 267 g/mol. The van der Waals surface area contributed by atoms with Gasteiger partial charge in [0.1, 0.15) is 0 Å². The van der Waals surface area contributed by atoms with Crippen molar-refractivity contribution in [3.63, 3.8) is 0 Å². The smallest absolute Gasteiger partial charge is 0.231 e. The molecule has 1 N–H and O–H groups in total. The summed E-state index contributed by atoms with van der Waals surface area (Å²) < 4.78 is 26.8. The molecule has 0 saturated heterocycles. The average Bonchev–Trinajstić information content (AvgIpc) is 2.53. The van der Waals surface area contributed by atoms with Gasteiger partial charge in [0.2, 0.25) is 10.0 Å². The Morgan fingerprint density at radius 1 is 1.33 bits per heavy atom. The van der Waals surface area contributed by atoms with Gasteiger partial charge in [0, 0.05) is 12.4 Å². The Kier molecular flexibility index (Phi) is 3.06. The van der Waals surface area contributed by atoms with Crippen molar-refractivity contribution in [1.82, 2.24) is 9.78 Å². The summed E-state index contributed by atoms with van der Waals surface area (Å²) in [6, 6.07) is 5.84. The van der Waals surface area contributed by atoms with Crippen LogP contribution in [0, 0.1) is 0 Å². The largest absolute Gasteiger partial charge is 0.266 e. The Morgan fingerprint density at radius 3 is 2.56 bits per heavy atom. The van der Waals surface area contributed by atoms with Gasteiger partial charge in [-0.25, -0.2) is 8.42 Å². The standard InChI is InChI=1S/C12H17N3O2S/c1-8(2)9-6-5-7-10-11(9)15(3)13-12(10)14-18(4,16)17/h5-8H,1-4H3,(H,13,14). The zero-order chi connectivity index (χ0) is 13.5. The molecule has 0 unspecified atom stereocenters. The second-order valence-corrected chi connectivity index (χ2v) is 6.49. The van der Waals surface area contributed by atoms with E-state index in [9.17, 15) is 8.42 Å². The van der Waals surface area contributed by atoms with Crippen molar-refractivity contribution in [3.8, 4) is 0 Å². The maximum Gasteiger partial charge on any atom is 0.231 e. The molecule has 0 spiro atoms. The van der Waals surface area contributed by atoms with Crippen molar-refractivity contribution >= 4 is 26.7 Å². The number of hydrogen-bond donors (Lipinski definition) is 1. The Hall–Kier alpha value is -1.56. The van der Waals surface area contributed by atoms with Crippen molar-refractivity contribution in [1.29, 1.82) is 0 Å². The van der Waals surface area contributed by atoms with E-state index in [1.54, 1.807) is 4.68 Å². The van der Waals surface area contributed by atoms with Crippen molar-refractivity contribution < 1.29 is 8.42 Å². The molecule has 18 heavy (non-hydrogen) atoms. The van der Waals surface area contributed by atoms with Gasteiger partial charge in [-0.2, -0.15) is 5.10 Å². The number of sulfonamides is 1. The number of fused-ring (bicyclic) bond motifs is 1. The first-order chi connectivity index (χ1) is 8.29. The van der Waals surface area contributed by atoms with E-state index in [4.69, 9.17) is 0 Å². The highest BCUT2D eigenvalue weighted by Crippen LogP contribution is 2.29. The highest BCUT2D eigenvalue weighted by Gasteiger charge is 2.15. The molecule has 98 valence electrons. The summed E-state index contributed by atoms with van der Waals surface area (Å²) in [5.74, 6) is 0.743. The summed E-state index contributed by atoms with van der Waals surface area (Å²) in [4.78, 5) is 0. The summed E-state index contributed by atoms with van der Waals surface area (Å²) in [6.07, 6.45) is 1.12. The molecule has 0 aliphatic rings. The normalized spacial score (nSPS) is 12.3. The van der Waals surface area contributed by atoms with Gasteiger partial charge < -0.3 is 0 Å². The molecule has 0 radical (unpaired) electrons. The Morgan fingerprint density at radius 2 is 2.00 bits per heavy atom. The molecule has 2 rings (SSSR count). The fourth-order valence-corrected chi connectivity index (χ4v) is 2.59. The topological polar surface area (TPSA) is 64.0 Å². The number of para-hydroxylation sites is 1. The summed E-state index contributed by atoms with van der Waals surface area (Å²) in [5.41, 5.74) is 2.13. The van der Waals surface area contributed by atoms with Crippen molar-refractivity contribution in [2.24, 2.45) is 7.05 Å². The Labute approximate surface area is 107 Å². The third-order valence-corrected chi connectivity index (χ3v) is 3.36. The van der Waals surface area contributed by atoms with Gasteiger partial charge in [-0.3, -0.25) is 9.40 Å². The van der Waals surface area contributed by atoms with Crippen LogP contribution < -0.4 is 4.72 Å². The van der Waals surface area contributed by atoms with E-state index in [0.717, 1.165) is 22.7 Å². The number of anilines is 1. The van der Waals surface area contributed by atoms with Gasteiger partial charge in [0.25, 0.3) is 0 Å². The second-order valence-electron chi connectivity index (χ2n) is 4.74. The van der Waals surface area contributed by atoms with E-state index in [1.165, 1.54) is 0 Å². The lowest BCUT2D eigenvalue weighted by Crippen LogP contribution is -2.10. The van der Waals surface area contributed by atoms with Crippen LogP contribution >= 0.6 is 0 Å². The third-order valence-electron chi connectivity index (χ3n) is 2.80. The lowest BCUT2D eigenvalue weighted by Gasteiger charge is -2.08. The maximum atomic E-state index is 11.3. The van der Waals surface area contributed by atoms with Crippen LogP contribution in [0.15, 0.2) is 18.2 Å². The molecule has 0 saturated carbocycles. The highest BCUT2D eigenvalue weighted by molar-refractivity contribution is 7.92. The third kappa shape index (κ3) is 2.33. The number of rotatable bonds is 3. The van der Waals surface area contributed by atoms with Crippen molar-refractivity contribution in [2.75, 3.05) is 11.0 Å². The van der Waals surface area contributed by atoms with Crippen LogP contribution in [0.1, 0.15) is 25.3 Å². The summed E-state index contributed by atoms with van der Waals surface area (Å²) in [6.45, 7) is 4.21. The molecule has 0 aliphatic carbocycles. The van der Waals surface area contributed by atoms with E-state index in [1.807, 2.05) is 25.2 Å². The fourth-order valence-electron chi connectivity index (χ4n) is 2.08. The Balaban J connectivity index is 2.70. The molecule has 0 atom stereocenters. The minimum Gasteiger partial charge on any atom is -0.266 e. The minimum atomic E-state index is -3.31. The molecule has 0 aliphatic heterocycles. The van der Waals surface area contributed by atoms with Crippen LogP contribution in [0.5, 0.6) is 0 Å². The number of aromatic nitrogens is 2. The van der Waals surface area contributed by atoms with E-state index in [2.05, 4.69) is 23.7 Å². The molecule has 1 heterocycles. The molecule has 5 nitrogen and oxygen atoms in total. The van der Waals surface area contributed by atoms with Crippen molar-refractivity contribution in [2.45, 2.75) is 19.8 Å². The first-order valence-corrected chi connectivity index (χ1v) is 7.62. The summed E-state index contributed by atoms with van der Waals surface area (Å²) in [7, 11) is -1.49. The zero-order valence-electron chi connectivity index (χ0n) is 10.9. The SMILES string of the molecule is CC(C)c1cccc2c(NS(C)(=O)=O)nn(C)c12. The van der Waals surface area contributed by atoms with E-state index in [0.29, 0.717) is 11.7 Å². The van der Waals surface area contributed by atoms with E-state index in [-0.39, 0.29) is 0 Å². The molecular weight excluding hydrogens is 250 g/mol. The molecule has 2 aromatic rings. The Bertz CT molecular complexity index is 687. The number of aryl methyl sites for hydroxylation is 1. The molecule has 0 fully saturated rings. The second kappa shape index (κ2) is 4.28. The first kappa shape index (κ1) is 12.9. The number of hydrogen-bond acceptors (Lipinski definition) is 3. The van der Waals surface area contributed by atoms with Crippen molar-refractivity contribution in [3.05, 3.63) is 23.8 Å². The van der Waals surface area contributed by atoms with Crippen LogP contribution in [0.3, 0.4) is 0 Å². The van der Waals surface area contributed by atoms with E-state index < -0.39 is 10.0 Å². The predicted molar refractivity (Wildman–Crippen MR) is 73.3 cm³/mol. The van der Waals surface area contributed by atoms with Gasteiger partial charge in [0.05, 0.1) is 11.8 Å². The lowest BCUT2D eigenvalue weighted by atomic mass is 10.0. The van der Waals surface area contributed by atoms with Crippen LogP contribution in [-0.2, 0) is 17.1 Å². The predicted octanol–water partition coefficient (Wildman–Crippen LogP) is 2.07. The van der Waals surface area contributed by atoms with Gasteiger partial charge in [-0.1, -0.05) is 26.0 Å². The number of nitrogens with one attached hydrogen (secondary N) is 1. The summed E-state index contributed by atoms with van der Waals surface area (Å²) >= 11 is 0. The van der Waals surface area contributed by atoms with Gasteiger partial charge in [0.15, 0.2) is 5.82 Å². The van der Waals surface area contributed by atoms with Crippen LogP contribution in [0.4, 0.5) is 5.82 Å². The molecule has 6 heteroatoms. The van der Waals surface area contributed by atoms with Gasteiger partial charge in [-0.05, 0) is 17.5 Å². The van der Waals surface area contributed by atoms with Crippen LogP contribution in [0.25, 0.3) is 10.9 Å². The van der Waals surface area contributed by atoms with E-state index >= 15 is 0 Å². The lowest BCUT2D eigenvalue weighted by molar-refractivity contribution is 0.606. The summed E-state index contributed by atoms with van der Waals surface area (Å²) in [5, 5.41) is 5.07. The molecular formula is C12H17N3O2S. The van der Waals surface area contributed by atoms with Crippen LogP contribution in [0.2, 0.25) is 0 Å². The molecule has 0 amide bonds. The maximum absolute atomic E-state index is 11.3. The molecule has 1 aromatic carbocycles. The molecule has 0 bridgehead atoms. The van der Waals surface area contributed by atoms with Gasteiger partial charge in [-0.15, -0.1) is 0 Å². The average molecular weight is 267 g/mol.